The number of nitrogen functional groups attached to an aromatic ring is 1. The van der Waals surface area contributed by atoms with Crippen LogP contribution in [0.5, 0.6) is 5.75 Å². The van der Waals surface area contributed by atoms with Crippen molar-refractivity contribution >= 4 is 39.0 Å². The van der Waals surface area contributed by atoms with Crippen molar-refractivity contribution in [1.29, 1.82) is 0 Å². The molecule has 7 heteroatoms. The molecule has 2 aromatic carbocycles. The number of hydrogen-bond acceptors (Lipinski definition) is 6. The van der Waals surface area contributed by atoms with E-state index in [1.165, 1.54) is 6.92 Å². The molecule has 0 saturated heterocycles. The predicted octanol–water partition coefficient (Wildman–Crippen LogP) is 7.39. The van der Waals surface area contributed by atoms with E-state index in [0.29, 0.717) is 23.1 Å². The van der Waals surface area contributed by atoms with Crippen LogP contribution in [0.2, 0.25) is 0 Å². The molecule has 41 heavy (non-hydrogen) atoms. The zero-order chi connectivity index (χ0) is 30.1. The van der Waals surface area contributed by atoms with Crippen molar-refractivity contribution in [3.63, 3.8) is 0 Å². The number of carbonyl (C=O) groups excluding carboxylic acids is 3. The Hall–Kier alpha value is -3.19. The molecule has 2 aromatic rings. The molecular weight excluding hydrogens is 580 g/mol. The van der Waals surface area contributed by atoms with Crippen molar-refractivity contribution in [3.05, 3.63) is 81.1 Å². The summed E-state index contributed by atoms with van der Waals surface area (Å²) in [5, 5.41) is 0. The summed E-state index contributed by atoms with van der Waals surface area (Å²) in [6.07, 6.45) is 2.57. The Balaban J connectivity index is 0.000000483. The maximum Gasteiger partial charge on any atom is 0.167 e. The van der Waals surface area contributed by atoms with Crippen LogP contribution in [0.4, 0.5) is 5.69 Å². The van der Waals surface area contributed by atoms with Gasteiger partial charge in [0.25, 0.3) is 0 Å². The fourth-order valence-corrected chi connectivity index (χ4v) is 6.72. The molecule has 0 saturated carbocycles. The van der Waals surface area contributed by atoms with Gasteiger partial charge in [0.2, 0.25) is 0 Å². The second kappa shape index (κ2) is 12.0. The number of carbonyl (C=O) groups is 3. The van der Waals surface area contributed by atoms with Gasteiger partial charge in [-0.05, 0) is 83.3 Å². The highest BCUT2D eigenvalue weighted by Crippen LogP contribution is 2.54. The molecule has 0 aromatic heterocycles. The monoisotopic (exact) mass is 620 g/mol. The summed E-state index contributed by atoms with van der Waals surface area (Å²) in [6.45, 7) is 12.9. The average Bonchev–Trinajstić information content (AvgIpc) is 2.86. The minimum atomic E-state index is -0.377. The molecule has 2 aliphatic carbocycles. The van der Waals surface area contributed by atoms with Gasteiger partial charge in [0.15, 0.2) is 17.3 Å². The number of hydrogen-bond donors (Lipinski definition) is 1. The summed E-state index contributed by atoms with van der Waals surface area (Å²) in [4.78, 5) is 40.9. The molecule has 0 bridgehead atoms. The minimum Gasteiger partial charge on any atom is -0.485 e. The van der Waals surface area contributed by atoms with E-state index in [0.717, 1.165) is 53.2 Å². The van der Waals surface area contributed by atoms with Crippen molar-refractivity contribution in [3.8, 4) is 5.75 Å². The van der Waals surface area contributed by atoms with Crippen molar-refractivity contribution in [2.45, 2.75) is 73.1 Å². The second-order valence-corrected chi connectivity index (χ2v) is 13.7. The topological polar surface area (TPSA) is 89.7 Å². The Morgan fingerprint density at radius 3 is 1.88 bits per heavy atom. The number of ketones is 3. The molecule has 0 radical (unpaired) electrons. The first-order valence-electron chi connectivity index (χ1n) is 14.3. The number of rotatable bonds is 5. The highest BCUT2D eigenvalue weighted by atomic mass is 79.9. The first kappa shape index (κ1) is 30.8. The highest BCUT2D eigenvalue weighted by Gasteiger charge is 2.48. The summed E-state index contributed by atoms with van der Waals surface area (Å²) in [5.41, 5.74) is 10.5. The first-order valence-corrected chi connectivity index (χ1v) is 15.0. The molecule has 0 spiro atoms. The predicted molar refractivity (Wildman–Crippen MR) is 166 cm³/mol. The van der Waals surface area contributed by atoms with E-state index >= 15 is 0 Å². The van der Waals surface area contributed by atoms with Gasteiger partial charge in [-0.1, -0.05) is 52.0 Å². The van der Waals surface area contributed by atoms with Crippen LogP contribution >= 0.6 is 15.9 Å². The lowest BCUT2D eigenvalue weighted by molar-refractivity contribution is -0.120. The van der Waals surface area contributed by atoms with E-state index in [1.54, 1.807) is 0 Å². The summed E-state index contributed by atoms with van der Waals surface area (Å²) in [6, 6.07) is 15.2. The van der Waals surface area contributed by atoms with Crippen LogP contribution in [0, 0.1) is 10.8 Å². The maximum absolute atomic E-state index is 13.6. The van der Waals surface area contributed by atoms with Gasteiger partial charge in [-0.15, -0.1) is 0 Å². The molecule has 5 rings (SSSR count). The zero-order valence-corrected chi connectivity index (χ0v) is 26.6. The van der Waals surface area contributed by atoms with Crippen molar-refractivity contribution in [2.75, 3.05) is 18.9 Å². The number of halogens is 1. The van der Waals surface area contributed by atoms with E-state index in [1.807, 2.05) is 48.5 Å². The van der Waals surface area contributed by atoms with Crippen LogP contribution in [-0.4, -0.2) is 35.4 Å². The number of nitrogens with two attached hydrogens (primary N) is 1. The van der Waals surface area contributed by atoms with E-state index in [2.05, 4.69) is 55.4 Å². The Labute approximate surface area is 252 Å². The standard InChI is InChI=1S/C28H34BrNO4.C6H7N/c1-7-30-19-11-27(3,4)13-21(32)25(19)24(26-20(30)12-28(5,6)14-22(26)33)17-8-9-23(18(29)10-17)34-15-16(2)31;7-6-4-2-1-3-5-6/h8-10,24H,7,11-15H2,1-6H3;1-5H,7H2. The van der Waals surface area contributed by atoms with Gasteiger partial charge < -0.3 is 15.4 Å². The molecule has 1 heterocycles. The van der Waals surface area contributed by atoms with Gasteiger partial charge in [-0.3, -0.25) is 14.4 Å². The van der Waals surface area contributed by atoms with Crippen LogP contribution < -0.4 is 10.5 Å². The van der Waals surface area contributed by atoms with Gasteiger partial charge in [-0.25, -0.2) is 0 Å². The van der Waals surface area contributed by atoms with Gasteiger partial charge in [0.1, 0.15) is 12.4 Å². The Bertz CT molecular complexity index is 1370. The summed E-state index contributed by atoms with van der Waals surface area (Å²) < 4.78 is 6.33. The summed E-state index contributed by atoms with van der Waals surface area (Å²) in [7, 11) is 0. The van der Waals surface area contributed by atoms with Gasteiger partial charge in [-0.2, -0.15) is 0 Å². The van der Waals surface area contributed by atoms with Crippen LogP contribution in [0.3, 0.4) is 0 Å². The molecule has 0 atom stereocenters. The normalized spacial score (nSPS) is 19.7. The fourth-order valence-electron chi connectivity index (χ4n) is 6.21. The van der Waals surface area contributed by atoms with Crippen molar-refractivity contribution in [2.24, 2.45) is 10.8 Å². The number of Topliss-reactive ketones (excluding diaryl/α,β-unsaturated/α-hetero) is 3. The molecule has 0 unspecified atom stereocenters. The quantitative estimate of drug-likeness (QED) is 0.350. The first-order chi connectivity index (χ1) is 19.2. The van der Waals surface area contributed by atoms with Crippen LogP contribution in [0.15, 0.2) is 75.5 Å². The smallest absolute Gasteiger partial charge is 0.167 e. The van der Waals surface area contributed by atoms with Gasteiger partial charge in [0.05, 0.1) is 4.47 Å². The molecule has 218 valence electrons. The molecular formula is C34H41BrN2O4. The lowest BCUT2D eigenvalue weighted by Crippen LogP contribution is -2.44. The Morgan fingerprint density at radius 2 is 1.46 bits per heavy atom. The molecule has 2 N–H and O–H groups in total. The molecule has 3 aliphatic rings. The molecule has 0 amide bonds. The Morgan fingerprint density at radius 1 is 0.927 bits per heavy atom. The van der Waals surface area contributed by atoms with E-state index in [4.69, 9.17) is 10.5 Å². The summed E-state index contributed by atoms with van der Waals surface area (Å²) >= 11 is 3.58. The highest BCUT2D eigenvalue weighted by molar-refractivity contribution is 9.10. The fraction of sp³-hybridized carbons (Fsp3) is 0.441. The third kappa shape index (κ3) is 6.83. The number of allylic oxidation sites excluding steroid dienone is 4. The largest absolute Gasteiger partial charge is 0.485 e. The lowest BCUT2D eigenvalue weighted by atomic mass is 9.63. The van der Waals surface area contributed by atoms with E-state index < -0.39 is 0 Å². The number of ether oxygens (including phenoxy) is 1. The molecule has 6 nitrogen and oxygen atoms in total. The second-order valence-electron chi connectivity index (χ2n) is 12.9. The van der Waals surface area contributed by atoms with Crippen LogP contribution in [-0.2, 0) is 14.4 Å². The van der Waals surface area contributed by atoms with Crippen molar-refractivity contribution < 1.29 is 19.1 Å². The van der Waals surface area contributed by atoms with Crippen LogP contribution in [0.25, 0.3) is 0 Å². The Kier molecular flexibility index (Phi) is 8.98. The minimum absolute atomic E-state index is 0.00141. The third-order valence-electron chi connectivity index (χ3n) is 7.86. The van der Waals surface area contributed by atoms with E-state index in [-0.39, 0.29) is 40.7 Å². The SMILES string of the molecule is CCN1C2=C(C(=O)CC(C)(C)C2)C(c2ccc(OCC(C)=O)c(Br)c2)C2=C1CC(C)(C)CC2=O.Nc1ccccc1. The number of para-hydroxylation sites is 1. The zero-order valence-electron chi connectivity index (χ0n) is 25.0. The molecule has 0 fully saturated rings. The van der Waals surface area contributed by atoms with Gasteiger partial charge >= 0.3 is 0 Å². The third-order valence-corrected chi connectivity index (χ3v) is 8.48. The summed E-state index contributed by atoms with van der Waals surface area (Å²) in [5.74, 6) is 0.399. The lowest BCUT2D eigenvalue weighted by Gasteiger charge is -2.48. The van der Waals surface area contributed by atoms with Gasteiger partial charge in [0, 0.05) is 53.5 Å². The number of benzene rings is 2. The number of nitrogens with zero attached hydrogens (tertiary/aromatic N) is 1. The maximum atomic E-state index is 13.6. The molecule has 1 aliphatic heterocycles. The van der Waals surface area contributed by atoms with Crippen LogP contribution in [0.1, 0.15) is 78.7 Å². The van der Waals surface area contributed by atoms with Crippen molar-refractivity contribution in [1.82, 2.24) is 4.90 Å². The number of anilines is 1. The van der Waals surface area contributed by atoms with E-state index in [9.17, 15) is 14.4 Å². The average molecular weight is 622 g/mol.